The van der Waals surface area contributed by atoms with Gasteiger partial charge in [0.25, 0.3) is 0 Å². The molecule has 0 bridgehead atoms. The number of halogens is 3. The monoisotopic (exact) mass is 596 g/mol. The van der Waals surface area contributed by atoms with Crippen molar-refractivity contribution < 1.29 is 0 Å². The second kappa shape index (κ2) is 10.1. The quantitative estimate of drug-likeness (QED) is 0.225. The fraction of sp³-hybridized carbons (Fsp3) is 0.0938. The van der Waals surface area contributed by atoms with Crippen LogP contribution in [0.5, 0.6) is 0 Å². The normalized spacial score (nSPS) is 15.4. The molecule has 0 spiro atoms. The number of benzene rings is 4. The molecule has 7 rings (SSSR count). The molecule has 1 atom stereocenters. The molecule has 1 aromatic heterocycles. The summed E-state index contributed by atoms with van der Waals surface area (Å²) in [7, 11) is 0. The van der Waals surface area contributed by atoms with Crippen LogP contribution in [0.15, 0.2) is 101 Å². The van der Waals surface area contributed by atoms with Crippen molar-refractivity contribution in [3.05, 3.63) is 128 Å². The zero-order chi connectivity index (χ0) is 28.2. The molecule has 2 aliphatic rings. The van der Waals surface area contributed by atoms with E-state index in [0.29, 0.717) is 26.7 Å². The van der Waals surface area contributed by atoms with Crippen LogP contribution >= 0.6 is 34.8 Å². The average Bonchev–Trinajstić information content (AvgIpc) is 3.32. The van der Waals surface area contributed by atoms with E-state index in [2.05, 4.69) is 16.3 Å². The van der Waals surface area contributed by atoms with E-state index in [-0.39, 0.29) is 6.04 Å². The minimum Gasteiger partial charge on any atom is -0.337 e. The number of rotatable bonds is 3. The molecule has 2 aliphatic heterocycles. The van der Waals surface area contributed by atoms with Crippen molar-refractivity contribution in [3.8, 4) is 5.69 Å². The largest absolute Gasteiger partial charge is 0.337 e. The van der Waals surface area contributed by atoms with E-state index < -0.39 is 0 Å². The summed E-state index contributed by atoms with van der Waals surface area (Å²) in [5.74, 6) is 1.98. The van der Waals surface area contributed by atoms with Gasteiger partial charge in [-0.25, -0.2) is 14.7 Å². The van der Waals surface area contributed by atoms with Crippen LogP contribution in [0.1, 0.15) is 28.4 Å². The van der Waals surface area contributed by atoms with E-state index >= 15 is 0 Å². The van der Waals surface area contributed by atoms with E-state index in [9.17, 15) is 0 Å². The molecular weight excluding hydrogens is 575 g/mol. The van der Waals surface area contributed by atoms with E-state index in [0.717, 1.165) is 51.0 Å². The van der Waals surface area contributed by atoms with E-state index in [1.165, 1.54) is 0 Å². The number of para-hydroxylation sites is 3. The van der Waals surface area contributed by atoms with Gasteiger partial charge in [0.15, 0.2) is 17.5 Å². The SMILES string of the molecule is Cc1ccc(NC2=Nc3ccccc3N3C2=Nc2c(c(C)nn2-c2ccccc2)[C@H]3c2ccc(Cl)c(Cl)c2)cc1Cl. The van der Waals surface area contributed by atoms with Gasteiger partial charge in [-0.05, 0) is 73.5 Å². The van der Waals surface area contributed by atoms with Crippen LogP contribution in [0, 0.1) is 13.8 Å². The lowest BCUT2D eigenvalue weighted by Gasteiger charge is -2.40. The second-order valence-corrected chi connectivity index (χ2v) is 11.2. The van der Waals surface area contributed by atoms with Crippen molar-refractivity contribution in [1.29, 1.82) is 0 Å². The first-order valence-electron chi connectivity index (χ1n) is 13.1. The van der Waals surface area contributed by atoms with Crippen molar-refractivity contribution in [1.82, 2.24) is 9.78 Å². The number of nitrogens with one attached hydrogen (secondary N) is 1. The summed E-state index contributed by atoms with van der Waals surface area (Å²) in [5, 5.41) is 10.1. The summed E-state index contributed by atoms with van der Waals surface area (Å²) in [6, 6.07) is 29.4. The van der Waals surface area contributed by atoms with E-state index in [1.54, 1.807) is 0 Å². The molecule has 4 aromatic carbocycles. The Labute approximate surface area is 252 Å². The Balaban J connectivity index is 1.50. The fourth-order valence-corrected chi connectivity index (χ4v) is 5.84. The van der Waals surface area contributed by atoms with Crippen LogP contribution in [0.25, 0.3) is 5.69 Å². The minimum absolute atomic E-state index is 0.306. The molecular formula is C32H23Cl3N6. The van der Waals surface area contributed by atoms with Gasteiger partial charge in [-0.1, -0.05) is 77.3 Å². The first-order chi connectivity index (χ1) is 19.9. The summed E-state index contributed by atoms with van der Waals surface area (Å²) in [5.41, 5.74) is 7.25. The van der Waals surface area contributed by atoms with Crippen LogP contribution < -0.4 is 10.2 Å². The van der Waals surface area contributed by atoms with Crippen LogP contribution in [0.3, 0.4) is 0 Å². The number of hydrogen-bond acceptors (Lipinski definition) is 5. The lowest BCUT2D eigenvalue weighted by molar-refractivity contribution is 0.815. The summed E-state index contributed by atoms with van der Waals surface area (Å²) < 4.78 is 1.89. The van der Waals surface area contributed by atoms with Crippen molar-refractivity contribution in [2.24, 2.45) is 9.98 Å². The molecule has 0 radical (unpaired) electrons. The lowest BCUT2D eigenvalue weighted by atomic mass is 9.93. The molecule has 0 saturated heterocycles. The Morgan fingerprint density at radius 3 is 2.32 bits per heavy atom. The highest BCUT2D eigenvalue weighted by Gasteiger charge is 2.41. The number of amidine groups is 2. The highest BCUT2D eigenvalue weighted by atomic mass is 35.5. The number of aryl methyl sites for hydroxylation is 2. The standard InChI is InChI=1S/C32H23Cl3N6/c1-18-12-14-21(17-24(18)34)36-30-32-38-31-28(19(2)39-41(31)22-8-4-3-5-9-22)29(20-13-15-23(33)25(35)16-20)40(32)27-11-7-6-10-26(27)37-30/h3-17,29H,1-2H3,(H,36,37)/t29-/m1/s1. The third-order valence-corrected chi connectivity index (χ3v) is 8.48. The third kappa shape index (κ3) is 4.39. The predicted octanol–water partition coefficient (Wildman–Crippen LogP) is 9.24. The van der Waals surface area contributed by atoms with E-state index in [4.69, 9.17) is 49.9 Å². The Morgan fingerprint density at radius 2 is 1.54 bits per heavy atom. The van der Waals surface area contributed by atoms with Crippen LogP contribution in [0.4, 0.5) is 22.9 Å². The zero-order valence-corrected chi connectivity index (χ0v) is 24.4. The molecule has 5 aromatic rings. The summed E-state index contributed by atoms with van der Waals surface area (Å²) >= 11 is 19.4. The Bertz CT molecular complexity index is 1890. The Hall–Kier alpha value is -4.10. The summed E-state index contributed by atoms with van der Waals surface area (Å²) in [6.07, 6.45) is 0. The summed E-state index contributed by atoms with van der Waals surface area (Å²) in [6.45, 7) is 3.99. The maximum Gasteiger partial charge on any atom is 0.179 e. The number of hydrogen-bond donors (Lipinski definition) is 1. The van der Waals surface area contributed by atoms with Gasteiger partial charge in [-0.2, -0.15) is 5.10 Å². The van der Waals surface area contributed by atoms with E-state index in [1.807, 2.05) is 103 Å². The zero-order valence-electron chi connectivity index (χ0n) is 22.1. The Morgan fingerprint density at radius 1 is 0.756 bits per heavy atom. The molecule has 1 N–H and O–H groups in total. The average molecular weight is 598 g/mol. The van der Waals surface area contributed by atoms with Gasteiger partial charge in [-0.15, -0.1) is 0 Å². The van der Waals surface area contributed by atoms with Gasteiger partial charge in [0.2, 0.25) is 0 Å². The van der Waals surface area contributed by atoms with Crippen LogP contribution in [-0.2, 0) is 0 Å². The maximum atomic E-state index is 6.59. The molecule has 0 aliphatic carbocycles. The maximum absolute atomic E-state index is 6.59. The van der Waals surface area contributed by atoms with Crippen LogP contribution in [-0.4, -0.2) is 21.5 Å². The Kier molecular flexibility index (Phi) is 6.35. The minimum atomic E-state index is -0.306. The molecule has 9 heteroatoms. The first kappa shape index (κ1) is 25.8. The molecule has 202 valence electrons. The molecule has 6 nitrogen and oxygen atoms in total. The van der Waals surface area contributed by atoms with Crippen molar-refractivity contribution in [3.63, 3.8) is 0 Å². The fourth-order valence-electron chi connectivity index (χ4n) is 5.35. The van der Waals surface area contributed by atoms with Gasteiger partial charge in [0.05, 0.1) is 38.8 Å². The van der Waals surface area contributed by atoms with Crippen molar-refractivity contribution in [2.45, 2.75) is 19.9 Å². The first-order valence-corrected chi connectivity index (χ1v) is 14.2. The topological polar surface area (TPSA) is 57.8 Å². The lowest BCUT2D eigenvalue weighted by Crippen LogP contribution is -2.46. The molecule has 3 heterocycles. The smallest absolute Gasteiger partial charge is 0.179 e. The third-order valence-electron chi connectivity index (χ3n) is 7.33. The van der Waals surface area contributed by atoms with Gasteiger partial charge in [0.1, 0.15) is 0 Å². The number of aromatic nitrogens is 2. The van der Waals surface area contributed by atoms with Gasteiger partial charge < -0.3 is 10.2 Å². The van der Waals surface area contributed by atoms with Gasteiger partial charge >= 0.3 is 0 Å². The van der Waals surface area contributed by atoms with Crippen LogP contribution in [0.2, 0.25) is 15.1 Å². The second-order valence-electron chi connectivity index (χ2n) is 9.99. The van der Waals surface area contributed by atoms with Gasteiger partial charge in [0, 0.05) is 16.3 Å². The molecule has 0 fully saturated rings. The number of nitrogens with zero attached hydrogens (tertiary/aromatic N) is 5. The van der Waals surface area contributed by atoms with Gasteiger partial charge in [-0.3, -0.25) is 0 Å². The molecule has 0 amide bonds. The highest BCUT2D eigenvalue weighted by Crippen LogP contribution is 2.48. The molecule has 0 saturated carbocycles. The number of anilines is 2. The van der Waals surface area contributed by atoms with Crippen molar-refractivity contribution in [2.75, 3.05) is 10.2 Å². The highest BCUT2D eigenvalue weighted by molar-refractivity contribution is 6.51. The van der Waals surface area contributed by atoms with Crippen molar-refractivity contribution >= 4 is 69.4 Å². The summed E-state index contributed by atoms with van der Waals surface area (Å²) in [4.78, 5) is 12.5. The predicted molar refractivity (Wildman–Crippen MR) is 170 cm³/mol. The number of aliphatic imine (C=N–C) groups is 2. The number of fused-ring (bicyclic) bond motifs is 4. The molecule has 41 heavy (non-hydrogen) atoms. The molecule has 0 unspecified atom stereocenters.